The number of carbonyl (C=O) groups excluding carboxylic acids is 1. The summed E-state index contributed by atoms with van der Waals surface area (Å²) in [6, 6.07) is 7.06. The third-order valence-corrected chi connectivity index (χ3v) is 2.56. The minimum absolute atomic E-state index is 0.173. The number of aryl methyl sites for hydroxylation is 1. The first kappa shape index (κ1) is 17.1. The van der Waals surface area contributed by atoms with Crippen molar-refractivity contribution in [3.8, 4) is 6.07 Å². The van der Waals surface area contributed by atoms with Gasteiger partial charge in [0.25, 0.3) is 0 Å². The van der Waals surface area contributed by atoms with Gasteiger partial charge in [-0.15, -0.1) is 0 Å². The molecule has 0 atom stereocenters. The Morgan fingerprint density at radius 1 is 1.45 bits per heavy atom. The van der Waals surface area contributed by atoms with Gasteiger partial charge in [-0.3, -0.25) is 15.6 Å². The molecule has 0 fully saturated rings. The number of nitrogens with two attached hydrogens (primary N) is 1. The molecule has 1 aromatic rings. The average molecular weight is 301 g/mol. The summed E-state index contributed by atoms with van der Waals surface area (Å²) in [4.78, 5) is 13.6. The molecule has 1 rings (SSSR count). The third-order valence-electron chi connectivity index (χ3n) is 2.56. The summed E-state index contributed by atoms with van der Waals surface area (Å²) < 4.78 is 0. The van der Waals surface area contributed by atoms with Gasteiger partial charge in [-0.05, 0) is 38.7 Å². The normalized spacial score (nSPS) is 11.0. The Morgan fingerprint density at radius 2 is 2.14 bits per heavy atom. The molecule has 8 nitrogen and oxygen atoms in total. The topological polar surface area (TPSA) is 130 Å². The predicted molar refractivity (Wildman–Crippen MR) is 86.9 cm³/mol. The summed E-state index contributed by atoms with van der Waals surface area (Å²) >= 11 is 0. The number of hydrogen-bond acceptors (Lipinski definition) is 6. The number of hydrogen-bond donors (Lipinski definition) is 4. The van der Waals surface area contributed by atoms with E-state index in [1.54, 1.807) is 37.2 Å². The predicted octanol–water partition coefficient (Wildman–Crippen LogP) is 0.723. The Balaban J connectivity index is 2.99. The third kappa shape index (κ3) is 5.22. The number of likely N-dealkylation sites (N-methyl/N-ethyl adjacent to an activating group) is 1. The molecule has 0 aromatic heterocycles. The number of nitriles is 1. The number of amides is 1. The van der Waals surface area contributed by atoms with Crippen molar-refractivity contribution in [3.63, 3.8) is 0 Å². The van der Waals surface area contributed by atoms with Crippen LogP contribution in [0, 0.1) is 23.7 Å². The lowest BCUT2D eigenvalue weighted by atomic mass is 10.2. The maximum absolute atomic E-state index is 11.8. The fourth-order valence-electron chi connectivity index (χ4n) is 1.60. The van der Waals surface area contributed by atoms with E-state index in [2.05, 4.69) is 15.8 Å². The van der Waals surface area contributed by atoms with Crippen LogP contribution in [0.1, 0.15) is 5.56 Å². The van der Waals surface area contributed by atoms with Gasteiger partial charge in [0, 0.05) is 0 Å². The van der Waals surface area contributed by atoms with Gasteiger partial charge in [-0.2, -0.15) is 10.4 Å². The molecule has 0 saturated carbocycles. The van der Waals surface area contributed by atoms with E-state index in [0.717, 1.165) is 5.56 Å². The van der Waals surface area contributed by atoms with E-state index in [1.807, 2.05) is 13.0 Å². The number of nitrogens with one attached hydrogen (secondary N) is 3. The second-order valence-corrected chi connectivity index (χ2v) is 4.93. The highest BCUT2D eigenvalue weighted by Gasteiger charge is 2.09. The van der Waals surface area contributed by atoms with E-state index in [4.69, 9.17) is 16.4 Å². The summed E-state index contributed by atoms with van der Waals surface area (Å²) in [6.45, 7) is 2.13. The molecule has 0 aliphatic carbocycles. The van der Waals surface area contributed by atoms with Gasteiger partial charge in [-0.1, -0.05) is 6.07 Å². The Labute approximate surface area is 129 Å². The number of amidine groups is 1. The lowest BCUT2D eigenvalue weighted by Gasteiger charge is -2.13. The number of nitrogens with zero attached hydrogens (tertiary/aromatic N) is 3. The molecule has 1 aromatic carbocycles. The molecule has 0 unspecified atom stereocenters. The Hall–Kier alpha value is -2.92. The lowest BCUT2D eigenvalue weighted by molar-refractivity contribution is -0.116. The smallest absolute Gasteiger partial charge is 0.238 e. The molecule has 5 N–H and O–H groups in total. The molecular weight excluding hydrogens is 282 g/mol. The van der Waals surface area contributed by atoms with E-state index in [9.17, 15) is 4.79 Å². The molecule has 0 saturated heterocycles. The summed E-state index contributed by atoms with van der Waals surface area (Å²) in [5.41, 5.74) is 9.65. The zero-order valence-electron chi connectivity index (χ0n) is 12.8. The SMILES string of the molecule is Cc1ccc(NC(=O)CN(C)C)c(N/N=C(\C#N)C(=N)N)c1. The van der Waals surface area contributed by atoms with Crippen LogP contribution in [0.2, 0.25) is 0 Å². The second kappa shape index (κ2) is 7.75. The first-order valence-electron chi connectivity index (χ1n) is 6.47. The van der Waals surface area contributed by atoms with Gasteiger partial charge in [0.15, 0.2) is 5.84 Å². The molecule has 0 aliphatic rings. The zero-order chi connectivity index (χ0) is 16.7. The lowest BCUT2D eigenvalue weighted by Crippen LogP contribution is -2.27. The quantitative estimate of drug-likeness (QED) is 0.349. The van der Waals surface area contributed by atoms with Crippen LogP contribution >= 0.6 is 0 Å². The summed E-state index contributed by atoms with van der Waals surface area (Å²) in [5, 5.41) is 22.6. The average Bonchev–Trinajstić information content (AvgIpc) is 2.41. The Bertz CT molecular complexity index is 643. The molecule has 116 valence electrons. The van der Waals surface area contributed by atoms with Crippen LogP contribution < -0.4 is 16.5 Å². The van der Waals surface area contributed by atoms with Crippen LogP contribution in [0.5, 0.6) is 0 Å². The number of rotatable bonds is 6. The molecule has 8 heteroatoms. The van der Waals surface area contributed by atoms with Gasteiger partial charge in [0.1, 0.15) is 6.07 Å². The highest BCUT2D eigenvalue weighted by Crippen LogP contribution is 2.23. The van der Waals surface area contributed by atoms with Crippen molar-refractivity contribution in [3.05, 3.63) is 23.8 Å². The molecule has 22 heavy (non-hydrogen) atoms. The van der Waals surface area contributed by atoms with E-state index in [-0.39, 0.29) is 18.2 Å². The fourth-order valence-corrected chi connectivity index (χ4v) is 1.60. The van der Waals surface area contributed by atoms with Crippen LogP contribution in [0.4, 0.5) is 11.4 Å². The minimum Gasteiger partial charge on any atom is -0.382 e. The van der Waals surface area contributed by atoms with Crippen LogP contribution in [-0.2, 0) is 4.79 Å². The van der Waals surface area contributed by atoms with Crippen molar-refractivity contribution in [2.75, 3.05) is 31.4 Å². The first-order valence-corrected chi connectivity index (χ1v) is 6.47. The van der Waals surface area contributed by atoms with Crippen LogP contribution in [-0.4, -0.2) is 43.0 Å². The summed E-state index contributed by atoms with van der Waals surface area (Å²) in [5.74, 6) is -0.603. The van der Waals surface area contributed by atoms with E-state index in [1.165, 1.54) is 0 Å². The van der Waals surface area contributed by atoms with Crippen LogP contribution in [0.25, 0.3) is 0 Å². The van der Waals surface area contributed by atoms with E-state index < -0.39 is 5.84 Å². The molecule has 0 radical (unpaired) electrons. The van der Waals surface area contributed by atoms with Gasteiger partial charge < -0.3 is 16.0 Å². The highest BCUT2D eigenvalue weighted by atomic mass is 16.2. The van der Waals surface area contributed by atoms with Gasteiger partial charge in [-0.25, -0.2) is 0 Å². The molecule has 0 heterocycles. The van der Waals surface area contributed by atoms with Gasteiger partial charge >= 0.3 is 0 Å². The second-order valence-electron chi connectivity index (χ2n) is 4.93. The summed E-state index contributed by atoms with van der Waals surface area (Å²) in [6.07, 6.45) is 0. The molecule has 0 bridgehead atoms. The number of carbonyl (C=O) groups is 1. The minimum atomic E-state index is -0.430. The van der Waals surface area contributed by atoms with E-state index in [0.29, 0.717) is 11.4 Å². The maximum Gasteiger partial charge on any atom is 0.238 e. The van der Waals surface area contributed by atoms with Crippen molar-refractivity contribution in [2.24, 2.45) is 10.8 Å². The standard InChI is InChI=1S/C14H19N7O/c1-9-4-5-10(18-13(22)8-21(2)3)11(6-9)19-20-12(7-15)14(16)17/h4-6,19H,8H2,1-3H3,(H3,16,17)(H,18,22)/b20-12+. The maximum atomic E-state index is 11.8. The largest absolute Gasteiger partial charge is 0.382 e. The van der Waals surface area contributed by atoms with E-state index >= 15 is 0 Å². The Morgan fingerprint density at radius 3 is 2.68 bits per heavy atom. The summed E-state index contributed by atoms with van der Waals surface area (Å²) in [7, 11) is 3.59. The molecule has 0 spiro atoms. The molecular formula is C14H19N7O. The molecule has 0 aliphatic heterocycles. The number of benzene rings is 1. The number of anilines is 2. The van der Waals surface area contributed by atoms with Crippen molar-refractivity contribution in [2.45, 2.75) is 6.92 Å². The van der Waals surface area contributed by atoms with Crippen LogP contribution in [0.3, 0.4) is 0 Å². The Kier molecular flexibility index (Phi) is 6.04. The van der Waals surface area contributed by atoms with Gasteiger partial charge in [0.05, 0.1) is 17.9 Å². The number of hydrazone groups is 1. The van der Waals surface area contributed by atoms with Crippen molar-refractivity contribution >= 4 is 28.8 Å². The fraction of sp³-hybridized carbons (Fsp3) is 0.286. The highest BCUT2D eigenvalue weighted by molar-refractivity contribution is 6.45. The first-order chi connectivity index (χ1) is 10.3. The molecule has 1 amide bonds. The van der Waals surface area contributed by atoms with Crippen molar-refractivity contribution in [1.29, 1.82) is 10.7 Å². The van der Waals surface area contributed by atoms with Crippen LogP contribution in [0.15, 0.2) is 23.3 Å². The van der Waals surface area contributed by atoms with Crippen molar-refractivity contribution < 1.29 is 4.79 Å². The monoisotopic (exact) mass is 301 g/mol. The van der Waals surface area contributed by atoms with Crippen molar-refractivity contribution in [1.82, 2.24) is 4.90 Å². The zero-order valence-corrected chi connectivity index (χ0v) is 12.8. The van der Waals surface area contributed by atoms with Gasteiger partial charge in [0.2, 0.25) is 11.6 Å².